The van der Waals surface area contributed by atoms with E-state index in [0.717, 1.165) is 33.5 Å². The van der Waals surface area contributed by atoms with Crippen LogP contribution >= 0.6 is 11.8 Å². The predicted molar refractivity (Wildman–Crippen MR) is 126 cm³/mol. The second-order valence-electron chi connectivity index (χ2n) is 7.61. The molecular formula is C25H21F2N3O2S. The molecule has 1 atom stereocenters. The van der Waals surface area contributed by atoms with Crippen LogP contribution in [0.3, 0.4) is 0 Å². The molecule has 5 nitrogen and oxygen atoms in total. The summed E-state index contributed by atoms with van der Waals surface area (Å²) < 4.78 is 29.2. The molecular weight excluding hydrogens is 444 g/mol. The number of benzene rings is 3. The van der Waals surface area contributed by atoms with E-state index in [1.807, 2.05) is 31.2 Å². The molecule has 4 aromatic rings. The molecule has 1 aromatic heterocycles. The van der Waals surface area contributed by atoms with Crippen molar-refractivity contribution in [2.75, 3.05) is 0 Å². The smallest absolute Gasteiger partial charge is 0.266 e. The monoisotopic (exact) mass is 465 g/mol. The van der Waals surface area contributed by atoms with E-state index >= 15 is 0 Å². The fraction of sp³-hybridized carbons (Fsp3) is 0.160. The van der Waals surface area contributed by atoms with Crippen molar-refractivity contribution < 1.29 is 13.6 Å². The lowest BCUT2D eigenvalue weighted by atomic mass is 10.1. The number of hydrogen-bond donors (Lipinski definition) is 1. The number of aryl methyl sites for hydroxylation is 1. The number of carbonyl (C=O) groups excluding carboxylic acids is 1. The maximum atomic E-state index is 14.6. The predicted octanol–water partition coefficient (Wildman–Crippen LogP) is 4.77. The van der Waals surface area contributed by atoms with E-state index in [9.17, 15) is 18.4 Å². The molecule has 168 valence electrons. The Kier molecular flexibility index (Phi) is 6.55. The lowest BCUT2D eigenvalue weighted by molar-refractivity contribution is -0.120. The first-order valence-corrected chi connectivity index (χ1v) is 11.2. The van der Waals surface area contributed by atoms with Gasteiger partial charge in [-0.15, -0.1) is 0 Å². The van der Waals surface area contributed by atoms with Crippen LogP contribution in [0, 0.1) is 18.6 Å². The van der Waals surface area contributed by atoms with Gasteiger partial charge in [0.25, 0.3) is 5.56 Å². The number of hydrogen-bond acceptors (Lipinski definition) is 4. The Balaban J connectivity index is 1.66. The van der Waals surface area contributed by atoms with Gasteiger partial charge in [0.2, 0.25) is 5.91 Å². The average Bonchev–Trinajstić information content (AvgIpc) is 2.79. The summed E-state index contributed by atoms with van der Waals surface area (Å²) in [6.07, 6.45) is 0. The molecule has 1 N–H and O–H groups in total. The van der Waals surface area contributed by atoms with E-state index in [1.54, 1.807) is 31.2 Å². The Morgan fingerprint density at radius 1 is 1.09 bits per heavy atom. The Labute approximate surface area is 193 Å². The van der Waals surface area contributed by atoms with Gasteiger partial charge in [-0.3, -0.25) is 14.2 Å². The molecule has 0 bridgehead atoms. The van der Waals surface area contributed by atoms with E-state index in [-0.39, 0.29) is 16.8 Å². The zero-order valence-corrected chi connectivity index (χ0v) is 18.8. The first-order valence-electron chi connectivity index (χ1n) is 10.3. The molecule has 8 heteroatoms. The molecule has 3 aromatic carbocycles. The van der Waals surface area contributed by atoms with Crippen LogP contribution in [0.25, 0.3) is 16.6 Å². The van der Waals surface area contributed by atoms with Crippen LogP contribution in [0.15, 0.2) is 76.7 Å². The topological polar surface area (TPSA) is 64.0 Å². The molecule has 0 aliphatic heterocycles. The highest BCUT2D eigenvalue weighted by Gasteiger charge is 2.21. The summed E-state index contributed by atoms with van der Waals surface area (Å²) in [4.78, 5) is 30.5. The number of para-hydroxylation sites is 1. The summed E-state index contributed by atoms with van der Waals surface area (Å²) in [6, 6.07) is 17.5. The fourth-order valence-electron chi connectivity index (χ4n) is 3.32. The van der Waals surface area contributed by atoms with Crippen LogP contribution in [-0.4, -0.2) is 20.7 Å². The number of aromatic nitrogens is 2. The van der Waals surface area contributed by atoms with Gasteiger partial charge in [0.1, 0.15) is 11.6 Å². The van der Waals surface area contributed by atoms with Gasteiger partial charge in [0.05, 0.1) is 21.8 Å². The highest BCUT2D eigenvalue weighted by molar-refractivity contribution is 8.00. The van der Waals surface area contributed by atoms with Crippen LogP contribution in [0.2, 0.25) is 0 Å². The lowest BCUT2D eigenvalue weighted by Gasteiger charge is -2.17. The van der Waals surface area contributed by atoms with E-state index in [1.165, 1.54) is 6.07 Å². The van der Waals surface area contributed by atoms with Crippen molar-refractivity contribution in [3.05, 3.63) is 99.8 Å². The summed E-state index contributed by atoms with van der Waals surface area (Å²) in [6.45, 7) is 4.03. The van der Waals surface area contributed by atoms with Crippen molar-refractivity contribution in [3.8, 4) is 5.69 Å². The Hall–Kier alpha value is -3.52. The molecule has 1 heterocycles. The van der Waals surface area contributed by atoms with E-state index < -0.39 is 22.4 Å². The number of fused-ring (bicyclic) bond motifs is 1. The van der Waals surface area contributed by atoms with Gasteiger partial charge in [-0.25, -0.2) is 13.8 Å². The molecule has 33 heavy (non-hydrogen) atoms. The van der Waals surface area contributed by atoms with Crippen LogP contribution in [0.1, 0.15) is 18.1 Å². The molecule has 0 spiro atoms. The molecule has 0 aliphatic rings. The summed E-state index contributed by atoms with van der Waals surface area (Å²) in [5.74, 6) is -1.90. The summed E-state index contributed by atoms with van der Waals surface area (Å²) in [5, 5.41) is 2.68. The van der Waals surface area contributed by atoms with Gasteiger partial charge in [0, 0.05) is 12.6 Å². The van der Waals surface area contributed by atoms with Crippen LogP contribution in [0.4, 0.5) is 8.78 Å². The van der Waals surface area contributed by atoms with Crippen molar-refractivity contribution in [3.63, 3.8) is 0 Å². The minimum atomic E-state index is -0.896. The third kappa shape index (κ3) is 4.96. The highest BCUT2D eigenvalue weighted by Crippen LogP contribution is 2.26. The number of nitrogens with zero attached hydrogens (tertiary/aromatic N) is 2. The Morgan fingerprint density at radius 3 is 2.55 bits per heavy atom. The number of carbonyl (C=O) groups is 1. The van der Waals surface area contributed by atoms with Crippen molar-refractivity contribution in [1.29, 1.82) is 0 Å². The fourth-order valence-corrected chi connectivity index (χ4v) is 4.26. The van der Waals surface area contributed by atoms with Gasteiger partial charge in [-0.1, -0.05) is 53.7 Å². The van der Waals surface area contributed by atoms with Gasteiger partial charge >= 0.3 is 0 Å². The molecule has 0 fully saturated rings. The second kappa shape index (κ2) is 9.54. The van der Waals surface area contributed by atoms with Crippen LogP contribution < -0.4 is 10.9 Å². The van der Waals surface area contributed by atoms with E-state index in [0.29, 0.717) is 23.5 Å². The number of rotatable bonds is 6. The van der Waals surface area contributed by atoms with Crippen LogP contribution in [0.5, 0.6) is 0 Å². The van der Waals surface area contributed by atoms with Crippen molar-refractivity contribution in [1.82, 2.24) is 14.9 Å². The SMILES string of the molecule is Cc1ccc(CNC(=O)C(C)Sc2nc3ccccc3c(=O)n2-c2ccc(F)cc2F)cc1. The maximum Gasteiger partial charge on any atom is 0.266 e. The van der Waals surface area contributed by atoms with Crippen molar-refractivity contribution in [2.24, 2.45) is 0 Å². The highest BCUT2D eigenvalue weighted by atomic mass is 32.2. The largest absolute Gasteiger partial charge is 0.351 e. The number of halogens is 2. The lowest BCUT2D eigenvalue weighted by Crippen LogP contribution is -2.31. The van der Waals surface area contributed by atoms with E-state index in [4.69, 9.17) is 0 Å². The molecule has 1 unspecified atom stereocenters. The third-order valence-corrected chi connectivity index (χ3v) is 6.19. The molecule has 1 amide bonds. The van der Waals surface area contributed by atoms with Gasteiger partial charge < -0.3 is 5.32 Å². The second-order valence-corrected chi connectivity index (χ2v) is 8.92. The molecule has 0 aliphatic carbocycles. The normalized spacial score (nSPS) is 12.0. The van der Waals surface area contributed by atoms with Gasteiger partial charge in [-0.05, 0) is 43.7 Å². The number of amides is 1. The summed E-state index contributed by atoms with van der Waals surface area (Å²) >= 11 is 1.03. The minimum absolute atomic E-state index is 0.130. The number of thioether (sulfide) groups is 1. The van der Waals surface area contributed by atoms with Crippen LogP contribution in [-0.2, 0) is 11.3 Å². The number of nitrogens with one attached hydrogen (secondary N) is 1. The Morgan fingerprint density at radius 2 is 1.82 bits per heavy atom. The van der Waals surface area contributed by atoms with Gasteiger partial charge in [0.15, 0.2) is 5.16 Å². The quantitative estimate of drug-likeness (QED) is 0.329. The van der Waals surface area contributed by atoms with Crippen molar-refractivity contribution in [2.45, 2.75) is 30.8 Å². The summed E-state index contributed by atoms with van der Waals surface area (Å²) in [7, 11) is 0. The first-order chi connectivity index (χ1) is 15.8. The molecule has 4 rings (SSSR count). The molecule has 0 saturated carbocycles. The maximum absolute atomic E-state index is 14.6. The zero-order valence-electron chi connectivity index (χ0n) is 18.0. The van der Waals surface area contributed by atoms with Crippen molar-refractivity contribution >= 4 is 28.6 Å². The standard InChI is InChI=1S/C25H21F2N3O2S/c1-15-7-9-17(10-8-15)14-28-23(31)16(2)33-25-29-21-6-4-3-5-19(21)24(32)30(25)22-12-11-18(26)13-20(22)27/h3-13,16H,14H2,1-2H3,(H,28,31). The average molecular weight is 466 g/mol. The molecule has 0 radical (unpaired) electrons. The molecule has 0 saturated heterocycles. The summed E-state index contributed by atoms with van der Waals surface area (Å²) in [5.41, 5.74) is 1.88. The minimum Gasteiger partial charge on any atom is -0.351 e. The zero-order chi connectivity index (χ0) is 23.5. The Bertz CT molecular complexity index is 1390. The first kappa shape index (κ1) is 22.7. The third-order valence-electron chi connectivity index (χ3n) is 5.13. The van der Waals surface area contributed by atoms with Gasteiger partial charge in [-0.2, -0.15) is 0 Å². The van der Waals surface area contributed by atoms with E-state index in [2.05, 4.69) is 10.3 Å².